The zero-order chi connectivity index (χ0) is 18.0. The minimum absolute atomic E-state index is 0.00734. The van der Waals surface area contributed by atoms with E-state index in [-0.39, 0.29) is 11.9 Å². The van der Waals surface area contributed by atoms with Gasteiger partial charge in [0.25, 0.3) is 5.91 Å². The van der Waals surface area contributed by atoms with Gasteiger partial charge in [0.05, 0.1) is 0 Å². The molecule has 1 amide bonds. The molecule has 2 heterocycles. The summed E-state index contributed by atoms with van der Waals surface area (Å²) in [7, 11) is 1.80. The van der Waals surface area contributed by atoms with E-state index in [1.165, 1.54) is 12.1 Å². The quantitative estimate of drug-likeness (QED) is 0.923. The number of likely N-dealkylation sites (tertiary alicyclic amines) is 1. The van der Waals surface area contributed by atoms with Gasteiger partial charge in [-0.25, -0.2) is 8.78 Å². The SMILES string of the molecule is Cc1cc(C(=O)NC2CCCN(Cc3ccc(F)cc3F)C2)nn1C. The van der Waals surface area contributed by atoms with E-state index in [1.54, 1.807) is 17.8 Å². The van der Waals surface area contributed by atoms with Crippen LogP contribution in [0.15, 0.2) is 24.3 Å². The van der Waals surface area contributed by atoms with E-state index in [2.05, 4.69) is 15.3 Å². The molecule has 1 aromatic carbocycles. The van der Waals surface area contributed by atoms with Gasteiger partial charge in [0.1, 0.15) is 17.3 Å². The Morgan fingerprint density at radius 2 is 2.16 bits per heavy atom. The highest BCUT2D eigenvalue weighted by Gasteiger charge is 2.23. The van der Waals surface area contributed by atoms with Crippen LogP contribution in [0.2, 0.25) is 0 Å². The molecule has 1 N–H and O–H groups in total. The maximum atomic E-state index is 13.8. The Balaban J connectivity index is 1.60. The van der Waals surface area contributed by atoms with E-state index in [0.29, 0.717) is 24.3 Å². The summed E-state index contributed by atoms with van der Waals surface area (Å²) >= 11 is 0. The Morgan fingerprint density at radius 3 is 2.84 bits per heavy atom. The van der Waals surface area contributed by atoms with Gasteiger partial charge in [-0.3, -0.25) is 14.4 Å². The van der Waals surface area contributed by atoms with Crippen LogP contribution in [0.4, 0.5) is 8.78 Å². The summed E-state index contributed by atoms with van der Waals surface area (Å²) in [6.45, 7) is 3.75. The maximum absolute atomic E-state index is 13.8. The summed E-state index contributed by atoms with van der Waals surface area (Å²) < 4.78 is 28.5. The number of amides is 1. The molecule has 5 nitrogen and oxygen atoms in total. The van der Waals surface area contributed by atoms with Crippen LogP contribution in [0.25, 0.3) is 0 Å². The highest BCUT2D eigenvalue weighted by molar-refractivity contribution is 5.92. The number of aromatic nitrogens is 2. The summed E-state index contributed by atoms with van der Waals surface area (Å²) in [4.78, 5) is 14.4. The predicted octanol–water partition coefficient (Wildman–Crippen LogP) is 2.40. The highest BCUT2D eigenvalue weighted by Crippen LogP contribution is 2.17. The molecule has 1 unspecified atom stereocenters. The molecule has 1 saturated heterocycles. The molecule has 0 spiro atoms. The summed E-state index contributed by atoms with van der Waals surface area (Å²) in [5.41, 5.74) is 1.79. The summed E-state index contributed by atoms with van der Waals surface area (Å²) in [6.07, 6.45) is 1.79. The number of rotatable bonds is 4. The van der Waals surface area contributed by atoms with Crippen LogP contribution in [-0.4, -0.2) is 39.7 Å². The first-order valence-corrected chi connectivity index (χ1v) is 8.40. The number of aryl methyl sites for hydroxylation is 2. The normalized spacial score (nSPS) is 18.3. The van der Waals surface area contributed by atoms with E-state index in [1.807, 2.05) is 6.92 Å². The van der Waals surface area contributed by atoms with Crippen molar-refractivity contribution in [3.63, 3.8) is 0 Å². The Hall–Kier alpha value is -2.28. The highest BCUT2D eigenvalue weighted by atomic mass is 19.1. The van der Waals surface area contributed by atoms with Gasteiger partial charge in [0.15, 0.2) is 0 Å². The van der Waals surface area contributed by atoms with Crippen LogP contribution in [0.1, 0.15) is 34.6 Å². The third-order valence-corrected chi connectivity index (χ3v) is 4.60. The van der Waals surface area contributed by atoms with E-state index in [0.717, 1.165) is 31.1 Å². The minimum Gasteiger partial charge on any atom is -0.347 e. The third-order valence-electron chi connectivity index (χ3n) is 4.60. The number of nitrogens with one attached hydrogen (secondary N) is 1. The summed E-state index contributed by atoms with van der Waals surface area (Å²) in [5.74, 6) is -1.30. The number of carbonyl (C=O) groups excluding carboxylic acids is 1. The van der Waals surface area contributed by atoms with Gasteiger partial charge >= 0.3 is 0 Å². The van der Waals surface area contributed by atoms with Gasteiger partial charge in [-0.1, -0.05) is 6.07 Å². The lowest BCUT2D eigenvalue weighted by molar-refractivity contribution is 0.0894. The molecule has 0 saturated carbocycles. The van der Waals surface area contributed by atoms with Crippen LogP contribution in [0, 0.1) is 18.6 Å². The second kappa shape index (κ2) is 7.31. The van der Waals surface area contributed by atoms with Crippen molar-refractivity contribution >= 4 is 5.91 Å². The molecule has 134 valence electrons. The lowest BCUT2D eigenvalue weighted by Gasteiger charge is -2.33. The molecule has 1 aromatic heterocycles. The van der Waals surface area contributed by atoms with Crippen molar-refractivity contribution in [2.24, 2.45) is 7.05 Å². The summed E-state index contributed by atoms with van der Waals surface area (Å²) in [5, 5.41) is 7.19. The van der Waals surface area contributed by atoms with Gasteiger partial charge in [-0.2, -0.15) is 5.10 Å². The lowest BCUT2D eigenvalue weighted by Crippen LogP contribution is -2.47. The number of hydrogen-bond acceptors (Lipinski definition) is 3. The van der Waals surface area contributed by atoms with Gasteiger partial charge in [0.2, 0.25) is 0 Å². The Labute approximate surface area is 145 Å². The van der Waals surface area contributed by atoms with Crippen molar-refractivity contribution in [2.75, 3.05) is 13.1 Å². The van der Waals surface area contributed by atoms with Crippen LogP contribution in [0.5, 0.6) is 0 Å². The van der Waals surface area contributed by atoms with E-state index in [4.69, 9.17) is 0 Å². The number of benzene rings is 1. The van der Waals surface area contributed by atoms with Crippen molar-refractivity contribution in [3.05, 3.63) is 52.9 Å². The average Bonchev–Trinajstić information content (AvgIpc) is 2.90. The topological polar surface area (TPSA) is 50.2 Å². The molecule has 7 heteroatoms. The van der Waals surface area contributed by atoms with E-state index < -0.39 is 11.6 Å². The van der Waals surface area contributed by atoms with Gasteiger partial charge in [0, 0.05) is 43.5 Å². The smallest absolute Gasteiger partial charge is 0.272 e. The van der Waals surface area contributed by atoms with Crippen LogP contribution in [-0.2, 0) is 13.6 Å². The molecular weight excluding hydrogens is 326 g/mol. The van der Waals surface area contributed by atoms with Crippen LogP contribution < -0.4 is 5.32 Å². The molecule has 25 heavy (non-hydrogen) atoms. The number of nitrogens with zero attached hydrogens (tertiary/aromatic N) is 3. The first-order chi connectivity index (χ1) is 11.9. The van der Waals surface area contributed by atoms with Gasteiger partial charge in [-0.05, 0) is 38.4 Å². The van der Waals surface area contributed by atoms with Crippen molar-refractivity contribution in [2.45, 2.75) is 32.4 Å². The molecule has 3 rings (SSSR count). The first kappa shape index (κ1) is 17.5. The Bertz CT molecular complexity index is 755. The lowest BCUT2D eigenvalue weighted by atomic mass is 10.0. The monoisotopic (exact) mass is 348 g/mol. The van der Waals surface area contributed by atoms with Crippen molar-refractivity contribution < 1.29 is 13.6 Å². The van der Waals surface area contributed by atoms with E-state index in [9.17, 15) is 13.6 Å². The molecule has 0 aliphatic carbocycles. The van der Waals surface area contributed by atoms with Crippen molar-refractivity contribution in [1.82, 2.24) is 20.0 Å². The molecular formula is C18H22F2N4O. The zero-order valence-electron chi connectivity index (χ0n) is 14.4. The number of halogens is 2. The fourth-order valence-corrected chi connectivity index (χ4v) is 3.14. The molecule has 1 aliphatic rings. The number of piperidine rings is 1. The number of carbonyl (C=O) groups is 1. The molecule has 2 aromatic rings. The number of hydrogen-bond donors (Lipinski definition) is 1. The largest absolute Gasteiger partial charge is 0.347 e. The first-order valence-electron chi connectivity index (χ1n) is 8.40. The molecule has 1 fully saturated rings. The van der Waals surface area contributed by atoms with Crippen molar-refractivity contribution in [1.29, 1.82) is 0 Å². The minimum atomic E-state index is -0.573. The standard InChI is InChI=1S/C18H22F2N4O/c1-12-8-17(22-23(12)2)18(25)21-15-4-3-7-24(11-15)10-13-5-6-14(19)9-16(13)20/h5-6,8-9,15H,3-4,7,10-11H2,1-2H3,(H,21,25). The Morgan fingerprint density at radius 1 is 1.36 bits per heavy atom. The van der Waals surface area contributed by atoms with Crippen LogP contribution >= 0.6 is 0 Å². The van der Waals surface area contributed by atoms with Gasteiger partial charge in [-0.15, -0.1) is 0 Å². The van der Waals surface area contributed by atoms with Gasteiger partial charge < -0.3 is 5.32 Å². The third kappa shape index (κ3) is 4.22. The zero-order valence-corrected chi connectivity index (χ0v) is 14.4. The second-order valence-corrected chi connectivity index (χ2v) is 6.58. The molecule has 1 aliphatic heterocycles. The maximum Gasteiger partial charge on any atom is 0.272 e. The molecule has 0 bridgehead atoms. The second-order valence-electron chi connectivity index (χ2n) is 6.58. The average molecular weight is 348 g/mol. The predicted molar refractivity (Wildman–Crippen MR) is 90.1 cm³/mol. The van der Waals surface area contributed by atoms with Crippen molar-refractivity contribution in [3.8, 4) is 0 Å². The fraction of sp³-hybridized carbons (Fsp3) is 0.444. The summed E-state index contributed by atoms with van der Waals surface area (Å²) in [6, 6.07) is 5.40. The molecule has 0 radical (unpaired) electrons. The molecule has 1 atom stereocenters. The van der Waals surface area contributed by atoms with E-state index >= 15 is 0 Å². The van der Waals surface area contributed by atoms with Crippen LogP contribution in [0.3, 0.4) is 0 Å². The Kier molecular flexibility index (Phi) is 5.13. The fourth-order valence-electron chi connectivity index (χ4n) is 3.14.